The van der Waals surface area contributed by atoms with Crippen LogP contribution >= 0.6 is 0 Å². The van der Waals surface area contributed by atoms with Crippen LogP contribution in [-0.2, 0) is 6.54 Å². The van der Waals surface area contributed by atoms with E-state index < -0.39 is 0 Å². The van der Waals surface area contributed by atoms with E-state index in [9.17, 15) is 4.79 Å². The predicted molar refractivity (Wildman–Crippen MR) is 48.4 cm³/mol. The van der Waals surface area contributed by atoms with Crippen molar-refractivity contribution in [3.05, 3.63) is 23.0 Å². The number of aryl methyl sites for hydroxylation is 1. The summed E-state index contributed by atoms with van der Waals surface area (Å²) in [5, 5.41) is 0. The molecule has 1 N–H and O–H groups in total. The number of fused-ring (bicyclic) bond motifs is 1. The van der Waals surface area contributed by atoms with Gasteiger partial charge in [0, 0.05) is 6.54 Å². The molecule has 2 rings (SSSR count). The largest absolute Gasteiger partial charge is 0.339 e. The van der Waals surface area contributed by atoms with Gasteiger partial charge in [0.1, 0.15) is 6.33 Å². The van der Waals surface area contributed by atoms with Crippen molar-refractivity contribution in [3.8, 4) is 0 Å². The lowest BCUT2D eigenvalue weighted by molar-refractivity contribution is 0.647. The van der Waals surface area contributed by atoms with E-state index in [0.29, 0.717) is 17.7 Å². The maximum absolute atomic E-state index is 11.6. The van der Waals surface area contributed by atoms with Gasteiger partial charge in [0.2, 0.25) is 0 Å². The molecule has 5 heteroatoms. The molecule has 0 amide bonds. The Kier molecular flexibility index (Phi) is 1.84. The van der Waals surface area contributed by atoms with Gasteiger partial charge in [-0.1, -0.05) is 6.92 Å². The van der Waals surface area contributed by atoms with Crippen LogP contribution < -0.4 is 5.56 Å². The van der Waals surface area contributed by atoms with Crippen LogP contribution in [0, 0.1) is 0 Å². The molecule has 0 atom stereocenters. The average Bonchev–Trinajstić information content (AvgIpc) is 2.58. The standard InChI is InChI=1S/C8H10N4O/c1-2-3-12-5-11-7-6(8(12)13)9-4-10-7/h4-5H,2-3H2,1H3,(H,9,10). The molecule has 0 spiro atoms. The van der Waals surface area contributed by atoms with Crippen molar-refractivity contribution in [2.75, 3.05) is 0 Å². The van der Waals surface area contributed by atoms with Crippen molar-refractivity contribution in [2.45, 2.75) is 19.9 Å². The molecule has 0 aromatic carbocycles. The number of aromatic nitrogens is 4. The normalized spacial score (nSPS) is 10.8. The molecular formula is C8H10N4O. The number of rotatable bonds is 2. The number of nitrogens with zero attached hydrogens (tertiary/aromatic N) is 3. The summed E-state index contributed by atoms with van der Waals surface area (Å²) in [6.07, 6.45) is 3.94. The lowest BCUT2D eigenvalue weighted by Crippen LogP contribution is -2.20. The molecule has 0 saturated heterocycles. The minimum atomic E-state index is -0.0515. The summed E-state index contributed by atoms with van der Waals surface area (Å²) in [6.45, 7) is 2.71. The molecule has 2 aromatic rings. The zero-order valence-corrected chi connectivity index (χ0v) is 7.32. The highest BCUT2D eigenvalue weighted by atomic mass is 16.1. The molecule has 0 radical (unpaired) electrons. The molecule has 0 saturated carbocycles. The fraction of sp³-hybridized carbons (Fsp3) is 0.375. The van der Waals surface area contributed by atoms with Crippen molar-refractivity contribution in [1.82, 2.24) is 19.5 Å². The Morgan fingerprint density at radius 1 is 1.54 bits per heavy atom. The lowest BCUT2D eigenvalue weighted by Gasteiger charge is -2.00. The van der Waals surface area contributed by atoms with Crippen molar-refractivity contribution in [2.24, 2.45) is 0 Å². The summed E-state index contributed by atoms with van der Waals surface area (Å²) < 4.78 is 1.58. The second-order valence-electron chi connectivity index (χ2n) is 2.84. The monoisotopic (exact) mass is 178 g/mol. The number of hydrogen-bond acceptors (Lipinski definition) is 3. The minimum absolute atomic E-state index is 0.0515. The quantitative estimate of drug-likeness (QED) is 0.729. The van der Waals surface area contributed by atoms with Gasteiger partial charge in [0.05, 0.1) is 6.33 Å². The number of aromatic amines is 1. The Morgan fingerprint density at radius 3 is 3.15 bits per heavy atom. The highest BCUT2D eigenvalue weighted by Gasteiger charge is 2.03. The average molecular weight is 178 g/mol. The van der Waals surface area contributed by atoms with Crippen LogP contribution in [0.4, 0.5) is 0 Å². The zero-order valence-electron chi connectivity index (χ0n) is 7.32. The molecule has 5 nitrogen and oxygen atoms in total. The van der Waals surface area contributed by atoms with Crippen molar-refractivity contribution in [1.29, 1.82) is 0 Å². The Morgan fingerprint density at radius 2 is 2.38 bits per heavy atom. The van der Waals surface area contributed by atoms with E-state index in [0.717, 1.165) is 6.42 Å². The summed E-state index contributed by atoms with van der Waals surface area (Å²) >= 11 is 0. The fourth-order valence-corrected chi connectivity index (χ4v) is 1.26. The minimum Gasteiger partial charge on any atom is -0.339 e. The van der Waals surface area contributed by atoms with Gasteiger partial charge in [0.25, 0.3) is 5.56 Å². The molecule has 0 aliphatic heterocycles. The molecule has 0 aliphatic carbocycles. The third-order valence-electron chi connectivity index (χ3n) is 1.88. The van der Waals surface area contributed by atoms with E-state index in [2.05, 4.69) is 15.0 Å². The Labute approximate surface area is 74.4 Å². The van der Waals surface area contributed by atoms with Crippen LogP contribution in [0.25, 0.3) is 11.2 Å². The van der Waals surface area contributed by atoms with Crippen LogP contribution in [0.15, 0.2) is 17.4 Å². The summed E-state index contributed by atoms with van der Waals surface area (Å²) in [7, 11) is 0. The van der Waals surface area contributed by atoms with Crippen molar-refractivity contribution < 1.29 is 0 Å². The van der Waals surface area contributed by atoms with E-state index in [1.54, 1.807) is 4.57 Å². The Hall–Kier alpha value is -1.65. The molecule has 2 aromatic heterocycles. The van der Waals surface area contributed by atoms with E-state index in [1.807, 2.05) is 6.92 Å². The van der Waals surface area contributed by atoms with Crippen molar-refractivity contribution >= 4 is 11.2 Å². The lowest BCUT2D eigenvalue weighted by atomic mass is 10.4. The molecule has 13 heavy (non-hydrogen) atoms. The predicted octanol–water partition coefficient (Wildman–Crippen LogP) is 0.530. The number of nitrogens with one attached hydrogen (secondary N) is 1. The molecule has 2 heterocycles. The molecule has 0 aliphatic rings. The first kappa shape index (κ1) is 7.97. The number of H-pyrrole nitrogens is 1. The first-order valence-corrected chi connectivity index (χ1v) is 4.21. The maximum atomic E-state index is 11.6. The van der Waals surface area contributed by atoms with Crippen LogP contribution in [0.3, 0.4) is 0 Å². The molecule has 0 fully saturated rings. The number of imidazole rings is 1. The van der Waals surface area contributed by atoms with Crippen LogP contribution in [0.2, 0.25) is 0 Å². The molecule has 0 unspecified atom stereocenters. The summed E-state index contributed by atoms with van der Waals surface area (Å²) in [5.74, 6) is 0. The summed E-state index contributed by atoms with van der Waals surface area (Å²) in [6, 6.07) is 0. The van der Waals surface area contributed by atoms with Crippen LogP contribution in [0.1, 0.15) is 13.3 Å². The third kappa shape index (κ3) is 1.22. The first-order chi connectivity index (χ1) is 6.33. The van der Waals surface area contributed by atoms with Gasteiger partial charge in [-0.2, -0.15) is 0 Å². The summed E-state index contributed by atoms with van der Waals surface area (Å²) in [4.78, 5) is 22.4. The van der Waals surface area contributed by atoms with Gasteiger partial charge in [-0.3, -0.25) is 9.36 Å². The van der Waals surface area contributed by atoms with Gasteiger partial charge < -0.3 is 4.98 Å². The second kappa shape index (κ2) is 3.01. The topological polar surface area (TPSA) is 63.6 Å². The Bertz CT molecular complexity index is 470. The Balaban J connectivity index is 2.67. The van der Waals surface area contributed by atoms with Crippen LogP contribution in [-0.4, -0.2) is 19.5 Å². The number of hydrogen-bond donors (Lipinski definition) is 1. The maximum Gasteiger partial charge on any atom is 0.279 e. The van der Waals surface area contributed by atoms with E-state index in [4.69, 9.17) is 0 Å². The van der Waals surface area contributed by atoms with E-state index >= 15 is 0 Å². The van der Waals surface area contributed by atoms with Crippen molar-refractivity contribution in [3.63, 3.8) is 0 Å². The SMILES string of the molecule is CCCn1cnc2nc[nH]c2c1=O. The summed E-state index contributed by atoms with van der Waals surface area (Å²) in [5.41, 5.74) is 0.914. The molecule has 68 valence electrons. The molecule has 0 bridgehead atoms. The zero-order chi connectivity index (χ0) is 9.26. The second-order valence-corrected chi connectivity index (χ2v) is 2.84. The van der Waals surface area contributed by atoms with Gasteiger partial charge in [0.15, 0.2) is 11.2 Å². The van der Waals surface area contributed by atoms with Gasteiger partial charge in [-0.15, -0.1) is 0 Å². The highest BCUT2D eigenvalue weighted by Crippen LogP contribution is 1.97. The first-order valence-electron chi connectivity index (χ1n) is 4.21. The van der Waals surface area contributed by atoms with E-state index in [-0.39, 0.29) is 5.56 Å². The third-order valence-corrected chi connectivity index (χ3v) is 1.88. The van der Waals surface area contributed by atoms with Gasteiger partial charge in [-0.05, 0) is 6.42 Å². The highest BCUT2D eigenvalue weighted by molar-refractivity contribution is 5.67. The van der Waals surface area contributed by atoms with Crippen LogP contribution in [0.5, 0.6) is 0 Å². The van der Waals surface area contributed by atoms with E-state index in [1.165, 1.54) is 12.7 Å². The van der Waals surface area contributed by atoms with Gasteiger partial charge >= 0.3 is 0 Å². The molecular weight excluding hydrogens is 168 g/mol. The smallest absolute Gasteiger partial charge is 0.279 e. The van der Waals surface area contributed by atoms with Gasteiger partial charge in [-0.25, -0.2) is 9.97 Å². The fourth-order valence-electron chi connectivity index (χ4n) is 1.26.